The van der Waals surface area contributed by atoms with Gasteiger partial charge in [-0.25, -0.2) is 0 Å². The molecule has 0 radical (unpaired) electrons. The van der Waals surface area contributed by atoms with Crippen LogP contribution < -0.4 is 0 Å². The molecule has 16 N–H and O–H groups in total. The van der Waals surface area contributed by atoms with Crippen molar-refractivity contribution in [3.05, 3.63) is 0 Å². The first-order valence-corrected chi connectivity index (χ1v) is 20.5. The first-order valence-electron chi connectivity index (χ1n) is 20.5. The molecular weight excluding hydrogens is 884 g/mol. The van der Waals surface area contributed by atoms with Crippen LogP contribution in [0.1, 0.15) is 0 Å². The monoisotopic (exact) mass is 942 g/mol. The van der Waals surface area contributed by atoms with Crippen molar-refractivity contribution in [3.63, 3.8) is 0 Å². The summed E-state index contributed by atoms with van der Waals surface area (Å²) in [6.07, 6.45) is -46.4. The zero-order valence-corrected chi connectivity index (χ0v) is 33.6. The number of aliphatic hydroxyl groups excluding tert-OH is 16. The maximum absolute atomic E-state index is 11.6. The molecule has 0 aromatic heterocycles. The molecule has 0 aliphatic carbocycles. The van der Waals surface area contributed by atoms with E-state index in [1.54, 1.807) is 0 Å². The second-order valence-electron chi connectivity index (χ2n) is 16.4. The minimum absolute atomic E-state index is 0.394. The summed E-state index contributed by atoms with van der Waals surface area (Å²) in [5, 5.41) is 167. The third kappa shape index (κ3) is 10.8. The van der Waals surface area contributed by atoms with Crippen LogP contribution in [0.3, 0.4) is 0 Å². The molecule has 372 valence electrons. The molecule has 0 aromatic carbocycles. The van der Waals surface area contributed by atoms with Gasteiger partial charge in [0.15, 0.2) is 44.0 Å². The van der Waals surface area contributed by atoms with Crippen molar-refractivity contribution >= 4 is 0 Å². The lowest BCUT2D eigenvalue weighted by Gasteiger charge is -2.47. The van der Waals surface area contributed by atoms with Crippen LogP contribution in [0.5, 0.6) is 0 Å². The van der Waals surface area contributed by atoms with Crippen molar-refractivity contribution in [3.8, 4) is 0 Å². The summed E-state index contributed by atoms with van der Waals surface area (Å²) in [6, 6.07) is 0. The number of aliphatic hydroxyl groups is 16. The lowest BCUT2D eigenvalue weighted by atomic mass is 10.0. The summed E-state index contributed by atoms with van der Waals surface area (Å²) >= 11 is 0. The van der Waals surface area contributed by atoms with Crippen LogP contribution in [-0.2, 0) is 61.6 Å². The second kappa shape index (κ2) is 21.6. The molecule has 0 amide bonds. The first-order chi connectivity index (χ1) is 30.4. The molecule has 0 aromatic rings. The van der Waals surface area contributed by atoms with Crippen molar-refractivity contribution in [1.82, 2.24) is 0 Å². The third-order valence-electron chi connectivity index (χ3n) is 11.9. The highest BCUT2D eigenvalue weighted by molar-refractivity contribution is 4.95. The van der Waals surface area contributed by atoms with Gasteiger partial charge in [-0.2, -0.15) is 0 Å². The molecule has 64 heavy (non-hydrogen) atoms. The smallest absolute Gasteiger partial charge is 0.187 e. The number of ether oxygens (including phenoxy) is 13. The lowest BCUT2D eigenvalue weighted by molar-refractivity contribution is -0.382. The van der Waals surface area contributed by atoms with Gasteiger partial charge < -0.3 is 143 Å². The fraction of sp³-hybridized carbons (Fsp3) is 1.00. The highest BCUT2D eigenvalue weighted by Gasteiger charge is 2.53. The van der Waals surface area contributed by atoms with Crippen molar-refractivity contribution in [2.75, 3.05) is 46.2 Å². The Morgan fingerprint density at radius 1 is 0.234 bits per heavy atom. The van der Waals surface area contributed by atoms with Gasteiger partial charge in [-0.15, -0.1) is 0 Å². The molecule has 0 spiro atoms. The van der Waals surface area contributed by atoms with E-state index >= 15 is 0 Å². The van der Waals surface area contributed by atoms with E-state index in [1.165, 1.54) is 0 Å². The summed E-state index contributed by atoms with van der Waals surface area (Å²) in [5.74, 6) is 0. The molecule has 7 rings (SSSR count). The Bertz CT molecular complexity index is 1460. The van der Waals surface area contributed by atoms with E-state index in [9.17, 15) is 81.7 Å². The van der Waals surface area contributed by atoms with Gasteiger partial charge in [-0.05, 0) is 0 Å². The normalized spacial score (nSPS) is 54.4. The molecule has 0 bridgehead atoms. The molecule has 29 nitrogen and oxygen atoms in total. The van der Waals surface area contributed by atoms with E-state index < -0.39 is 218 Å². The molecule has 7 saturated heterocycles. The summed E-state index contributed by atoms with van der Waals surface area (Å²) in [4.78, 5) is 0. The lowest BCUT2D eigenvalue weighted by Crippen LogP contribution is -2.64. The molecule has 0 saturated carbocycles. The van der Waals surface area contributed by atoms with E-state index in [1.807, 2.05) is 0 Å². The van der Waals surface area contributed by atoms with Crippen LogP contribution in [0, 0.1) is 0 Å². The van der Waals surface area contributed by atoms with E-state index in [-0.39, 0.29) is 0 Å². The minimum Gasteiger partial charge on any atom is -0.388 e. The maximum atomic E-state index is 11.6. The van der Waals surface area contributed by atoms with Crippen LogP contribution in [0.2, 0.25) is 0 Å². The van der Waals surface area contributed by atoms with E-state index in [0.29, 0.717) is 0 Å². The fourth-order valence-electron chi connectivity index (χ4n) is 7.87. The van der Waals surface area contributed by atoms with Gasteiger partial charge in [0, 0.05) is 0 Å². The van der Waals surface area contributed by atoms with Gasteiger partial charge in [-0.1, -0.05) is 0 Å². The van der Waals surface area contributed by atoms with Crippen LogP contribution in [0.4, 0.5) is 0 Å². The largest absolute Gasteiger partial charge is 0.388 e. The highest BCUT2D eigenvalue weighted by Crippen LogP contribution is 2.33. The molecule has 7 heterocycles. The van der Waals surface area contributed by atoms with Crippen LogP contribution in [-0.4, -0.2) is 300 Å². The maximum Gasteiger partial charge on any atom is 0.187 e. The minimum atomic E-state index is -1.92. The van der Waals surface area contributed by atoms with Crippen molar-refractivity contribution < 1.29 is 143 Å². The molecule has 7 aliphatic heterocycles. The van der Waals surface area contributed by atoms with Crippen molar-refractivity contribution in [2.45, 2.75) is 172 Å². The van der Waals surface area contributed by atoms with Gasteiger partial charge in [0.25, 0.3) is 0 Å². The quantitative estimate of drug-likeness (QED) is 0.0864. The van der Waals surface area contributed by atoms with Gasteiger partial charge in [-0.3, -0.25) is 0 Å². The Labute approximate surface area is 361 Å². The Hall–Kier alpha value is -1.16. The molecule has 7 aliphatic rings. The number of hydrogen-bond donors (Lipinski definition) is 16. The van der Waals surface area contributed by atoms with Gasteiger partial charge in [0.2, 0.25) is 0 Å². The molecule has 7 fully saturated rings. The van der Waals surface area contributed by atoms with Crippen LogP contribution >= 0.6 is 0 Å². The van der Waals surface area contributed by atoms with E-state index in [0.717, 1.165) is 0 Å². The predicted molar refractivity (Wildman–Crippen MR) is 190 cm³/mol. The Kier molecular flexibility index (Phi) is 17.1. The average Bonchev–Trinajstić information content (AvgIpc) is 3.27. The zero-order chi connectivity index (χ0) is 46.3. The van der Waals surface area contributed by atoms with E-state index in [2.05, 4.69) is 0 Å². The SMILES string of the molecule is O[C@@H]1[C@@H](O)[C@H](O[C@@H]2CO[C@@H](O[C@@H]3CO[C@@H](O[C@@H]4CO[C@@H](O[C@@H]5CO[C@@H](O[C@@H]6CO[C@@H](O)[C@H](O)[C@H]6O)[C@H](O)[C@H]5O)[C@H](O)[C@H]4O)[C@H](O[C@@H]4OC[C@H](O)[C@H](O)[C@H]4O)[C@H]3O)[C@H](O)[C@H]2O)OC[C@H]1O. The second-order valence-corrected chi connectivity index (χ2v) is 16.4. The Morgan fingerprint density at radius 2 is 0.500 bits per heavy atom. The summed E-state index contributed by atoms with van der Waals surface area (Å²) in [5.41, 5.74) is 0. The molecule has 29 heteroatoms. The first kappa shape index (κ1) is 50.7. The zero-order valence-electron chi connectivity index (χ0n) is 33.6. The predicted octanol–water partition coefficient (Wildman–Crippen LogP) is -11.8. The standard InChI is InChI=1S/C35H58O29/c36-8-1-53-30(23(46)15(8)38)60-11-4-56-33(26(49)18(11)41)62-14-7-58-35(28(21(14)44)64-34-24(47)16(39)9(37)2-54-34)63-13-6-57-32(27(50)20(13)43)61-12-5-55-31(25(48)19(12)42)59-10-3-52-29(51)22(45)17(10)40/h8-51H,1-7H2/t8-,9+,10-,11-,12-,13-,14-,15+,16+,17+,18+,19+,20+,21+,22-,23-,24-,25-,26-,27-,28-,29-,30+,31+,32+,33+,34+,35+/m1/s1. The van der Waals surface area contributed by atoms with Gasteiger partial charge in [0.1, 0.15) is 128 Å². The summed E-state index contributed by atoms with van der Waals surface area (Å²) in [6.45, 7) is -3.41. The molecular formula is C35H58O29. The van der Waals surface area contributed by atoms with E-state index in [4.69, 9.17) is 61.6 Å². The van der Waals surface area contributed by atoms with Gasteiger partial charge in [0.05, 0.1) is 46.2 Å². The highest BCUT2D eigenvalue weighted by atomic mass is 16.8. The van der Waals surface area contributed by atoms with Crippen molar-refractivity contribution in [2.24, 2.45) is 0 Å². The third-order valence-corrected chi connectivity index (χ3v) is 11.9. The summed E-state index contributed by atoms with van der Waals surface area (Å²) in [7, 11) is 0. The molecule has 0 unspecified atom stereocenters. The number of rotatable bonds is 12. The van der Waals surface area contributed by atoms with Gasteiger partial charge >= 0.3 is 0 Å². The topological polar surface area (TPSA) is 444 Å². The average molecular weight is 943 g/mol. The fourth-order valence-corrected chi connectivity index (χ4v) is 7.87. The van der Waals surface area contributed by atoms with Crippen LogP contribution in [0.25, 0.3) is 0 Å². The Morgan fingerprint density at radius 3 is 0.891 bits per heavy atom. The summed E-state index contributed by atoms with van der Waals surface area (Å²) < 4.78 is 71.8. The Balaban J connectivity index is 0.950. The van der Waals surface area contributed by atoms with Crippen molar-refractivity contribution in [1.29, 1.82) is 0 Å². The van der Waals surface area contributed by atoms with Crippen LogP contribution in [0.15, 0.2) is 0 Å². The number of hydrogen-bond acceptors (Lipinski definition) is 29. The molecule has 28 atom stereocenters.